The second kappa shape index (κ2) is 5.41. The van der Waals surface area contributed by atoms with Gasteiger partial charge in [0.25, 0.3) is 11.2 Å². The highest BCUT2D eigenvalue weighted by Crippen LogP contribution is 2.23. The Balaban J connectivity index is 2.43. The quantitative estimate of drug-likeness (QED) is 0.685. The second-order valence-corrected chi connectivity index (χ2v) is 5.02. The van der Waals surface area contributed by atoms with Gasteiger partial charge in [-0.2, -0.15) is 0 Å². The average molecular weight is 339 g/mol. The molecule has 104 valence electrons. The molecule has 0 amide bonds. The highest BCUT2D eigenvalue weighted by molar-refractivity contribution is 9.10. The fourth-order valence-corrected chi connectivity index (χ4v) is 2.16. The number of nitro benzene ring substituents is 1. The molecule has 0 aliphatic carbocycles. The van der Waals surface area contributed by atoms with Crippen LogP contribution in [0.2, 0.25) is 0 Å². The maximum Gasteiger partial charge on any atom is 0.293 e. The molecule has 1 aromatic heterocycles. The number of nitro groups is 1. The van der Waals surface area contributed by atoms with Gasteiger partial charge in [0, 0.05) is 30.6 Å². The molecule has 0 spiro atoms. The van der Waals surface area contributed by atoms with E-state index in [4.69, 9.17) is 0 Å². The van der Waals surface area contributed by atoms with Crippen LogP contribution in [0.25, 0.3) is 0 Å². The third kappa shape index (κ3) is 2.85. The van der Waals surface area contributed by atoms with Crippen LogP contribution in [0.15, 0.2) is 33.8 Å². The number of hydrogen-bond acceptors (Lipinski definition) is 5. The van der Waals surface area contributed by atoms with Gasteiger partial charge < -0.3 is 9.88 Å². The molecule has 2 aromatic rings. The Morgan fingerprint density at radius 1 is 1.45 bits per heavy atom. The number of rotatable bonds is 3. The molecule has 0 aliphatic rings. The SMILES string of the molecule is Cc1ccc(Nc2nc(Br)cn(C)c2=O)cc1[N+](=O)[O-]. The van der Waals surface area contributed by atoms with Crippen molar-refractivity contribution in [3.63, 3.8) is 0 Å². The van der Waals surface area contributed by atoms with Gasteiger partial charge in [0.15, 0.2) is 5.82 Å². The van der Waals surface area contributed by atoms with Gasteiger partial charge in [0.05, 0.1) is 4.92 Å². The number of aromatic nitrogens is 2. The van der Waals surface area contributed by atoms with Crippen LogP contribution in [0, 0.1) is 17.0 Å². The first-order valence-electron chi connectivity index (χ1n) is 5.63. The van der Waals surface area contributed by atoms with Crippen molar-refractivity contribution in [2.45, 2.75) is 6.92 Å². The molecule has 2 rings (SSSR count). The Hall–Kier alpha value is -2.22. The lowest BCUT2D eigenvalue weighted by Crippen LogP contribution is -2.21. The van der Waals surface area contributed by atoms with Gasteiger partial charge in [-0.1, -0.05) is 6.07 Å². The summed E-state index contributed by atoms with van der Waals surface area (Å²) in [6.07, 6.45) is 1.53. The number of nitrogens with one attached hydrogen (secondary N) is 1. The Kier molecular flexibility index (Phi) is 3.84. The molecule has 20 heavy (non-hydrogen) atoms. The van der Waals surface area contributed by atoms with Gasteiger partial charge in [-0.15, -0.1) is 0 Å². The standard InChI is InChI=1S/C12H11BrN4O3/c1-7-3-4-8(5-9(7)17(19)20)14-11-12(18)16(2)6-10(13)15-11/h3-6H,1-2H3,(H,14,15). The normalized spacial score (nSPS) is 10.3. The topological polar surface area (TPSA) is 90.1 Å². The summed E-state index contributed by atoms with van der Waals surface area (Å²) in [7, 11) is 1.59. The smallest absolute Gasteiger partial charge is 0.293 e. The van der Waals surface area contributed by atoms with E-state index >= 15 is 0 Å². The molecule has 1 N–H and O–H groups in total. The highest BCUT2D eigenvalue weighted by atomic mass is 79.9. The van der Waals surface area contributed by atoms with Crippen molar-refractivity contribution in [3.05, 3.63) is 55.0 Å². The zero-order valence-corrected chi connectivity index (χ0v) is 12.3. The van der Waals surface area contributed by atoms with E-state index in [0.29, 0.717) is 15.9 Å². The van der Waals surface area contributed by atoms with Crippen LogP contribution < -0.4 is 10.9 Å². The van der Waals surface area contributed by atoms with Gasteiger partial charge in [0.2, 0.25) is 0 Å². The summed E-state index contributed by atoms with van der Waals surface area (Å²) >= 11 is 3.19. The van der Waals surface area contributed by atoms with Crippen LogP contribution in [0.5, 0.6) is 0 Å². The monoisotopic (exact) mass is 338 g/mol. The molecule has 1 heterocycles. The predicted molar refractivity (Wildman–Crippen MR) is 78.3 cm³/mol. The van der Waals surface area contributed by atoms with Crippen LogP contribution in [0.4, 0.5) is 17.2 Å². The summed E-state index contributed by atoms with van der Waals surface area (Å²) < 4.78 is 1.85. The molecule has 0 atom stereocenters. The number of benzene rings is 1. The van der Waals surface area contributed by atoms with Gasteiger partial charge in [-0.3, -0.25) is 14.9 Å². The van der Waals surface area contributed by atoms with Crippen molar-refractivity contribution < 1.29 is 4.92 Å². The van der Waals surface area contributed by atoms with E-state index < -0.39 is 4.92 Å². The van der Waals surface area contributed by atoms with Gasteiger partial charge >= 0.3 is 0 Å². The fourth-order valence-electron chi connectivity index (χ4n) is 1.67. The van der Waals surface area contributed by atoms with E-state index in [1.807, 2.05) is 0 Å². The largest absolute Gasteiger partial charge is 0.335 e. The van der Waals surface area contributed by atoms with Crippen molar-refractivity contribution in [1.82, 2.24) is 9.55 Å². The summed E-state index contributed by atoms with van der Waals surface area (Å²) in [6, 6.07) is 4.64. The van der Waals surface area contributed by atoms with Crippen molar-refractivity contribution in [2.75, 3.05) is 5.32 Å². The maximum absolute atomic E-state index is 11.9. The van der Waals surface area contributed by atoms with Crippen molar-refractivity contribution in [3.8, 4) is 0 Å². The third-order valence-corrected chi connectivity index (χ3v) is 3.09. The summed E-state index contributed by atoms with van der Waals surface area (Å²) in [5, 5.41) is 13.7. The van der Waals surface area contributed by atoms with Crippen molar-refractivity contribution >= 4 is 33.1 Å². The van der Waals surface area contributed by atoms with Crippen LogP contribution >= 0.6 is 15.9 Å². The lowest BCUT2D eigenvalue weighted by Gasteiger charge is -2.07. The number of aryl methyl sites for hydroxylation is 2. The zero-order chi connectivity index (χ0) is 14.9. The van der Waals surface area contributed by atoms with Gasteiger partial charge in [-0.05, 0) is 28.9 Å². The number of anilines is 2. The molecule has 0 bridgehead atoms. The predicted octanol–water partition coefficient (Wildman–Crippen LogP) is 2.50. The fraction of sp³-hybridized carbons (Fsp3) is 0.167. The van der Waals surface area contributed by atoms with Crippen LogP contribution in [-0.2, 0) is 7.05 Å². The first-order chi connectivity index (χ1) is 9.38. The summed E-state index contributed by atoms with van der Waals surface area (Å²) in [5.74, 6) is 0.0972. The molecule has 0 fully saturated rings. The molecule has 0 aliphatic heterocycles. The number of hydrogen-bond donors (Lipinski definition) is 1. The van der Waals surface area contributed by atoms with E-state index in [1.165, 1.54) is 16.8 Å². The van der Waals surface area contributed by atoms with Crippen molar-refractivity contribution in [1.29, 1.82) is 0 Å². The molecular formula is C12H11BrN4O3. The molecule has 1 aromatic carbocycles. The summed E-state index contributed by atoms with van der Waals surface area (Å²) in [6.45, 7) is 1.65. The minimum absolute atomic E-state index is 0.0122. The summed E-state index contributed by atoms with van der Waals surface area (Å²) in [5.41, 5.74) is 0.652. The van der Waals surface area contributed by atoms with E-state index in [0.717, 1.165) is 0 Å². The van der Waals surface area contributed by atoms with Crippen LogP contribution in [0.3, 0.4) is 0 Å². The lowest BCUT2D eigenvalue weighted by molar-refractivity contribution is -0.385. The Bertz CT molecular complexity index is 742. The molecule has 0 radical (unpaired) electrons. The summed E-state index contributed by atoms with van der Waals surface area (Å²) in [4.78, 5) is 26.3. The van der Waals surface area contributed by atoms with Gasteiger partial charge in [0.1, 0.15) is 4.60 Å². The van der Waals surface area contributed by atoms with Crippen molar-refractivity contribution in [2.24, 2.45) is 7.05 Å². The van der Waals surface area contributed by atoms with E-state index in [9.17, 15) is 14.9 Å². The zero-order valence-electron chi connectivity index (χ0n) is 10.8. The number of halogens is 1. The van der Waals surface area contributed by atoms with Crippen LogP contribution in [0.1, 0.15) is 5.56 Å². The maximum atomic E-state index is 11.9. The van der Waals surface area contributed by atoms with E-state index in [-0.39, 0.29) is 17.1 Å². The molecule has 0 saturated carbocycles. The van der Waals surface area contributed by atoms with Gasteiger partial charge in [-0.25, -0.2) is 4.98 Å². The third-order valence-electron chi connectivity index (χ3n) is 2.71. The second-order valence-electron chi connectivity index (χ2n) is 4.21. The van der Waals surface area contributed by atoms with E-state index in [2.05, 4.69) is 26.2 Å². The minimum atomic E-state index is -0.465. The first kappa shape index (κ1) is 14.2. The number of nitrogens with zero attached hydrogens (tertiary/aromatic N) is 3. The Morgan fingerprint density at radius 3 is 2.80 bits per heavy atom. The molecule has 8 heteroatoms. The minimum Gasteiger partial charge on any atom is -0.335 e. The van der Waals surface area contributed by atoms with E-state index in [1.54, 1.807) is 26.1 Å². The van der Waals surface area contributed by atoms with Crippen LogP contribution in [-0.4, -0.2) is 14.5 Å². The first-order valence-corrected chi connectivity index (χ1v) is 6.43. The molecule has 0 saturated heterocycles. The highest BCUT2D eigenvalue weighted by Gasteiger charge is 2.12. The molecule has 7 nitrogen and oxygen atoms in total. The Morgan fingerprint density at radius 2 is 2.15 bits per heavy atom. The molecular weight excluding hydrogens is 328 g/mol. The molecule has 0 unspecified atom stereocenters. The Labute approximate surface area is 122 Å². The average Bonchev–Trinajstić information content (AvgIpc) is 2.37. The lowest BCUT2D eigenvalue weighted by atomic mass is 10.2.